The maximum absolute atomic E-state index is 3.56. The van der Waals surface area contributed by atoms with Gasteiger partial charge in [0.2, 0.25) is 0 Å². The summed E-state index contributed by atoms with van der Waals surface area (Å²) in [6.45, 7) is 10.8. The highest BCUT2D eigenvalue weighted by molar-refractivity contribution is 7.11. The monoisotopic (exact) mass is 300 g/mol. The predicted octanol–water partition coefficient (Wildman–Crippen LogP) is 4.15. The van der Waals surface area contributed by atoms with Crippen LogP contribution in [0.2, 0.25) is 0 Å². The van der Waals surface area contributed by atoms with Crippen LogP contribution in [0.5, 0.6) is 0 Å². The van der Waals surface area contributed by atoms with Crippen LogP contribution in [0.25, 0.3) is 0 Å². The number of benzene rings is 1. The first kappa shape index (κ1) is 14.8. The van der Waals surface area contributed by atoms with E-state index in [1.54, 1.807) is 0 Å². The molecular weight excluding hydrogens is 276 g/mol. The fourth-order valence-corrected chi connectivity index (χ4v) is 3.69. The van der Waals surface area contributed by atoms with Gasteiger partial charge in [-0.2, -0.15) is 0 Å². The van der Waals surface area contributed by atoms with Crippen LogP contribution in [-0.2, 0) is 26.2 Å². The summed E-state index contributed by atoms with van der Waals surface area (Å²) in [4.78, 5) is 5.42. The standard InChI is InChI=1S/C18H24N2S/c1-18(2,3)19-10-16-8-9-17(21-16)13-20-11-14-6-4-5-7-15(14)12-20/h4-9,19H,10-13H2,1-3H3. The lowest BCUT2D eigenvalue weighted by Crippen LogP contribution is -2.34. The zero-order valence-corrected chi connectivity index (χ0v) is 14.0. The Hall–Kier alpha value is -1.16. The van der Waals surface area contributed by atoms with Gasteiger partial charge in [-0.25, -0.2) is 0 Å². The Labute approximate surface area is 131 Å². The molecule has 2 aromatic rings. The molecule has 2 nitrogen and oxygen atoms in total. The molecule has 0 amide bonds. The van der Waals surface area contributed by atoms with E-state index in [9.17, 15) is 0 Å². The lowest BCUT2D eigenvalue weighted by Gasteiger charge is -2.19. The molecule has 0 radical (unpaired) electrons. The van der Waals surface area contributed by atoms with Gasteiger partial charge in [-0.05, 0) is 44.0 Å². The molecule has 0 unspecified atom stereocenters. The second-order valence-corrected chi connectivity index (χ2v) is 8.14. The summed E-state index contributed by atoms with van der Waals surface area (Å²) in [5, 5.41) is 3.56. The number of nitrogens with zero attached hydrogens (tertiary/aromatic N) is 1. The normalized spacial score (nSPS) is 15.4. The van der Waals surface area contributed by atoms with Gasteiger partial charge in [0.1, 0.15) is 0 Å². The molecule has 1 N–H and O–H groups in total. The second kappa shape index (κ2) is 5.91. The largest absolute Gasteiger partial charge is 0.307 e. The van der Waals surface area contributed by atoms with Gasteiger partial charge in [-0.15, -0.1) is 11.3 Å². The van der Waals surface area contributed by atoms with Crippen molar-refractivity contribution in [2.24, 2.45) is 0 Å². The number of thiophene rings is 1. The smallest absolute Gasteiger partial charge is 0.0335 e. The number of fused-ring (bicyclic) bond motifs is 1. The van der Waals surface area contributed by atoms with Crippen LogP contribution in [0.15, 0.2) is 36.4 Å². The van der Waals surface area contributed by atoms with Gasteiger partial charge >= 0.3 is 0 Å². The minimum absolute atomic E-state index is 0.181. The van der Waals surface area contributed by atoms with Crippen LogP contribution in [-0.4, -0.2) is 10.4 Å². The minimum atomic E-state index is 0.181. The average Bonchev–Trinajstić information content (AvgIpc) is 3.01. The minimum Gasteiger partial charge on any atom is -0.307 e. The van der Waals surface area contributed by atoms with E-state index in [2.05, 4.69) is 67.4 Å². The summed E-state index contributed by atoms with van der Waals surface area (Å²) in [6.07, 6.45) is 0. The Morgan fingerprint density at radius 1 is 1.00 bits per heavy atom. The topological polar surface area (TPSA) is 15.3 Å². The summed E-state index contributed by atoms with van der Waals surface area (Å²) in [5.74, 6) is 0. The van der Waals surface area contributed by atoms with E-state index < -0.39 is 0 Å². The van der Waals surface area contributed by atoms with E-state index in [-0.39, 0.29) is 5.54 Å². The van der Waals surface area contributed by atoms with Crippen LogP contribution >= 0.6 is 11.3 Å². The molecule has 1 aliphatic heterocycles. The zero-order chi connectivity index (χ0) is 14.9. The van der Waals surface area contributed by atoms with Crippen LogP contribution < -0.4 is 5.32 Å². The number of hydrogen-bond donors (Lipinski definition) is 1. The molecule has 0 aliphatic carbocycles. The van der Waals surface area contributed by atoms with Crippen molar-refractivity contribution in [3.05, 3.63) is 57.3 Å². The van der Waals surface area contributed by atoms with Gasteiger partial charge in [0.25, 0.3) is 0 Å². The van der Waals surface area contributed by atoms with Crippen molar-refractivity contribution in [1.29, 1.82) is 0 Å². The highest BCUT2D eigenvalue weighted by Gasteiger charge is 2.18. The maximum Gasteiger partial charge on any atom is 0.0335 e. The molecule has 1 aliphatic rings. The Balaban J connectivity index is 1.56. The molecule has 0 saturated carbocycles. The Bertz CT molecular complexity index is 585. The quantitative estimate of drug-likeness (QED) is 0.912. The molecule has 0 bridgehead atoms. The second-order valence-electron chi connectivity index (χ2n) is 6.89. The molecule has 0 saturated heterocycles. The average molecular weight is 300 g/mol. The third-order valence-electron chi connectivity index (χ3n) is 3.80. The molecule has 1 aromatic carbocycles. The summed E-state index contributed by atoms with van der Waals surface area (Å²) < 4.78 is 0. The molecule has 21 heavy (non-hydrogen) atoms. The third kappa shape index (κ3) is 3.94. The van der Waals surface area contributed by atoms with E-state index in [0.717, 1.165) is 26.2 Å². The lowest BCUT2D eigenvalue weighted by molar-refractivity contribution is 0.278. The summed E-state index contributed by atoms with van der Waals surface area (Å²) in [5.41, 5.74) is 3.16. The van der Waals surface area contributed by atoms with Crippen LogP contribution in [0.1, 0.15) is 41.7 Å². The van der Waals surface area contributed by atoms with Crippen molar-refractivity contribution in [3.63, 3.8) is 0 Å². The summed E-state index contributed by atoms with van der Waals surface area (Å²) in [7, 11) is 0. The molecule has 0 fully saturated rings. The number of rotatable bonds is 4. The van der Waals surface area contributed by atoms with E-state index in [1.807, 2.05) is 11.3 Å². The van der Waals surface area contributed by atoms with Crippen molar-refractivity contribution in [2.45, 2.75) is 52.5 Å². The van der Waals surface area contributed by atoms with E-state index in [1.165, 1.54) is 20.9 Å². The molecule has 0 spiro atoms. The van der Waals surface area contributed by atoms with Crippen LogP contribution in [0, 0.1) is 0 Å². The fraction of sp³-hybridized carbons (Fsp3) is 0.444. The van der Waals surface area contributed by atoms with Gasteiger partial charge in [-0.3, -0.25) is 4.90 Å². The molecule has 2 heterocycles. The van der Waals surface area contributed by atoms with Gasteiger partial charge in [0, 0.05) is 41.5 Å². The Morgan fingerprint density at radius 3 is 2.24 bits per heavy atom. The molecule has 0 atom stereocenters. The van der Waals surface area contributed by atoms with Gasteiger partial charge in [0.15, 0.2) is 0 Å². The first-order valence-corrected chi connectivity index (χ1v) is 8.43. The molecule has 1 aromatic heterocycles. The first-order valence-electron chi connectivity index (χ1n) is 7.61. The van der Waals surface area contributed by atoms with Gasteiger partial charge in [0.05, 0.1) is 0 Å². The highest BCUT2D eigenvalue weighted by Crippen LogP contribution is 2.26. The number of hydrogen-bond acceptors (Lipinski definition) is 3. The van der Waals surface area contributed by atoms with Crippen molar-refractivity contribution >= 4 is 11.3 Å². The first-order chi connectivity index (χ1) is 9.99. The van der Waals surface area contributed by atoms with E-state index in [4.69, 9.17) is 0 Å². The van der Waals surface area contributed by atoms with Crippen molar-refractivity contribution < 1.29 is 0 Å². The molecule has 3 rings (SSSR count). The van der Waals surface area contributed by atoms with Crippen LogP contribution in [0.3, 0.4) is 0 Å². The summed E-state index contributed by atoms with van der Waals surface area (Å²) in [6, 6.07) is 13.3. The Morgan fingerprint density at radius 2 is 1.62 bits per heavy atom. The van der Waals surface area contributed by atoms with Crippen molar-refractivity contribution in [2.75, 3.05) is 0 Å². The molecule has 112 valence electrons. The van der Waals surface area contributed by atoms with Gasteiger partial charge in [-0.1, -0.05) is 24.3 Å². The molecule has 3 heteroatoms. The lowest BCUT2D eigenvalue weighted by atomic mass is 10.1. The highest BCUT2D eigenvalue weighted by atomic mass is 32.1. The van der Waals surface area contributed by atoms with E-state index in [0.29, 0.717) is 0 Å². The third-order valence-corrected chi connectivity index (χ3v) is 4.87. The van der Waals surface area contributed by atoms with E-state index >= 15 is 0 Å². The van der Waals surface area contributed by atoms with Crippen LogP contribution in [0.4, 0.5) is 0 Å². The maximum atomic E-state index is 3.56. The Kier molecular flexibility index (Phi) is 4.16. The number of nitrogens with one attached hydrogen (secondary N) is 1. The summed E-state index contributed by atoms with van der Waals surface area (Å²) >= 11 is 1.93. The van der Waals surface area contributed by atoms with Crippen molar-refractivity contribution in [3.8, 4) is 0 Å². The molecular formula is C18H24N2S. The predicted molar refractivity (Wildman–Crippen MR) is 90.3 cm³/mol. The van der Waals surface area contributed by atoms with Crippen molar-refractivity contribution in [1.82, 2.24) is 10.2 Å². The zero-order valence-electron chi connectivity index (χ0n) is 13.1. The fourth-order valence-electron chi connectivity index (χ4n) is 2.69. The SMILES string of the molecule is CC(C)(C)NCc1ccc(CN2Cc3ccccc3C2)s1. The van der Waals surface area contributed by atoms with Gasteiger partial charge < -0.3 is 5.32 Å².